The molecule has 0 saturated carbocycles. The van der Waals surface area contributed by atoms with Crippen LogP contribution < -0.4 is 4.74 Å². The van der Waals surface area contributed by atoms with Crippen molar-refractivity contribution in [2.45, 2.75) is 45.0 Å². The first-order chi connectivity index (χ1) is 10.7. The molecule has 2 heterocycles. The highest BCUT2D eigenvalue weighted by Gasteiger charge is 2.51. The normalized spacial score (nSPS) is 31.4. The molecule has 124 valence electrons. The third kappa shape index (κ3) is 2.57. The van der Waals surface area contributed by atoms with Crippen LogP contribution in [0, 0.1) is 11.8 Å². The van der Waals surface area contributed by atoms with Gasteiger partial charge in [0, 0.05) is 11.5 Å². The molecule has 0 amide bonds. The van der Waals surface area contributed by atoms with Gasteiger partial charge in [0.05, 0.1) is 23.7 Å². The molecule has 0 radical (unpaired) electrons. The second-order valence-electron chi connectivity index (χ2n) is 6.81. The van der Waals surface area contributed by atoms with Crippen molar-refractivity contribution in [2.24, 2.45) is 11.8 Å². The van der Waals surface area contributed by atoms with E-state index in [0.717, 1.165) is 0 Å². The van der Waals surface area contributed by atoms with Gasteiger partial charge >= 0.3 is 11.9 Å². The lowest BCUT2D eigenvalue weighted by molar-refractivity contribution is -0.183. The van der Waals surface area contributed by atoms with E-state index in [1.807, 2.05) is 13.8 Å². The van der Waals surface area contributed by atoms with Crippen LogP contribution in [0.2, 0.25) is 0 Å². The minimum Gasteiger partial charge on any atom is -0.487 e. The summed E-state index contributed by atoms with van der Waals surface area (Å²) in [5.41, 5.74) is 0.267. The van der Waals surface area contributed by atoms with Crippen LogP contribution in [0.3, 0.4) is 0 Å². The van der Waals surface area contributed by atoms with Crippen molar-refractivity contribution in [3.8, 4) is 5.75 Å². The number of benzene rings is 1. The minimum absolute atomic E-state index is 0.156. The fourth-order valence-corrected chi connectivity index (χ4v) is 3.61. The van der Waals surface area contributed by atoms with Gasteiger partial charge < -0.3 is 19.7 Å². The Hall–Kier alpha value is -2.08. The van der Waals surface area contributed by atoms with Gasteiger partial charge in [-0.25, -0.2) is 4.79 Å². The Morgan fingerprint density at radius 3 is 2.57 bits per heavy atom. The summed E-state index contributed by atoms with van der Waals surface area (Å²) < 4.78 is 12.0. The quantitative estimate of drug-likeness (QED) is 0.870. The van der Waals surface area contributed by atoms with E-state index in [4.69, 9.17) is 9.47 Å². The van der Waals surface area contributed by atoms with Gasteiger partial charge in [0.15, 0.2) is 0 Å². The second-order valence-corrected chi connectivity index (χ2v) is 6.81. The fourth-order valence-electron chi connectivity index (χ4n) is 3.61. The zero-order valence-electron chi connectivity index (χ0n) is 13.3. The predicted molar refractivity (Wildman–Crippen MR) is 80.6 cm³/mol. The number of rotatable bonds is 2. The highest BCUT2D eigenvalue weighted by atomic mass is 16.5. The van der Waals surface area contributed by atoms with E-state index in [2.05, 4.69) is 0 Å². The van der Waals surface area contributed by atoms with Crippen LogP contribution in [0.25, 0.3) is 0 Å². The summed E-state index contributed by atoms with van der Waals surface area (Å²) in [6, 6.07) is 4.72. The van der Waals surface area contributed by atoms with Crippen LogP contribution in [0.4, 0.5) is 0 Å². The van der Waals surface area contributed by atoms with Crippen molar-refractivity contribution in [1.29, 1.82) is 0 Å². The summed E-state index contributed by atoms with van der Waals surface area (Å²) in [4.78, 5) is 22.7. The molecule has 0 aliphatic carbocycles. The second kappa shape index (κ2) is 5.23. The smallest absolute Gasteiger partial charge is 0.335 e. The Kier molecular flexibility index (Phi) is 3.59. The highest BCUT2D eigenvalue weighted by molar-refractivity contribution is 5.88. The number of hydrogen-bond acceptors (Lipinski definition) is 4. The summed E-state index contributed by atoms with van der Waals surface area (Å²) in [5, 5.41) is 18.6. The van der Waals surface area contributed by atoms with Crippen molar-refractivity contribution in [3.05, 3.63) is 29.3 Å². The maximum atomic E-state index is 11.4. The zero-order chi connectivity index (χ0) is 16.9. The molecule has 1 aromatic carbocycles. The van der Waals surface area contributed by atoms with Crippen LogP contribution in [-0.2, 0) is 9.53 Å². The van der Waals surface area contributed by atoms with E-state index in [9.17, 15) is 19.8 Å². The van der Waals surface area contributed by atoms with Gasteiger partial charge in [-0.1, -0.05) is 0 Å². The van der Waals surface area contributed by atoms with Crippen LogP contribution in [-0.4, -0.2) is 33.9 Å². The maximum Gasteiger partial charge on any atom is 0.335 e. The number of hydrogen-bond donors (Lipinski definition) is 2. The molecule has 6 nitrogen and oxygen atoms in total. The van der Waals surface area contributed by atoms with Gasteiger partial charge in [-0.2, -0.15) is 0 Å². The Balaban J connectivity index is 2.05. The molecule has 1 fully saturated rings. The number of fused-ring (bicyclic) bond motifs is 3. The lowest BCUT2D eigenvalue weighted by Gasteiger charge is -2.49. The van der Waals surface area contributed by atoms with Crippen LogP contribution >= 0.6 is 0 Å². The first kappa shape index (κ1) is 15.8. The van der Waals surface area contributed by atoms with Crippen LogP contribution in [0.1, 0.15) is 49.2 Å². The SMILES string of the molecule is C[C@@H]1O[C@@H]2c3cc(C(=O)O)ccc3OC(C)(C)[C@H]2C[C@H]1C(=O)O. The first-order valence-corrected chi connectivity index (χ1v) is 7.65. The van der Waals surface area contributed by atoms with Gasteiger partial charge in [0.2, 0.25) is 0 Å². The minimum atomic E-state index is -1.01. The van der Waals surface area contributed by atoms with Crippen molar-refractivity contribution in [2.75, 3.05) is 0 Å². The standard InChI is InChI=1S/C17H20O6/c1-8-10(16(20)21)7-12-14(22-8)11-6-9(15(18)19)4-5-13(11)23-17(12,2)3/h4-6,8,10,12,14H,7H2,1-3H3,(H,18,19)(H,20,21)/t8-,10+,12-,14+/m0/s1. The van der Waals surface area contributed by atoms with Gasteiger partial charge in [-0.3, -0.25) is 4.79 Å². The average molecular weight is 320 g/mol. The Labute approximate surface area is 134 Å². The Bertz CT molecular complexity index is 665. The topological polar surface area (TPSA) is 93.1 Å². The third-order valence-electron chi connectivity index (χ3n) is 4.95. The maximum absolute atomic E-state index is 11.4. The average Bonchev–Trinajstić information content (AvgIpc) is 2.45. The van der Waals surface area contributed by atoms with E-state index >= 15 is 0 Å². The molecule has 0 bridgehead atoms. The van der Waals surface area contributed by atoms with Gasteiger partial charge in [-0.05, 0) is 45.4 Å². The molecule has 3 rings (SSSR count). The largest absolute Gasteiger partial charge is 0.487 e. The lowest BCUT2D eigenvalue weighted by atomic mass is 9.72. The molecule has 23 heavy (non-hydrogen) atoms. The molecule has 1 saturated heterocycles. The number of carbonyl (C=O) groups is 2. The van der Waals surface area contributed by atoms with Crippen LogP contribution in [0.15, 0.2) is 18.2 Å². The highest BCUT2D eigenvalue weighted by Crippen LogP contribution is 2.51. The molecule has 6 heteroatoms. The Morgan fingerprint density at radius 1 is 1.26 bits per heavy atom. The monoisotopic (exact) mass is 320 g/mol. The number of aliphatic carboxylic acids is 1. The van der Waals surface area contributed by atoms with Crippen LogP contribution in [0.5, 0.6) is 5.75 Å². The number of carboxylic acids is 2. The van der Waals surface area contributed by atoms with E-state index in [1.165, 1.54) is 6.07 Å². The molecule has 2 N–H and O–H groups in total. The lowest BCUT2D eigenvalue weighted by Crippen LogP contribution is -2.51. The molecular weight excluding hydrogens is 300 g/mol. The molecule has 2 aliphatic heterocycles. The molecule has 0 spiro atoms. The molecule has 0 aromatic heterocycles. The summed E-state index contributed by atoms with van der Waals surface area (Å²) in [6.45, 7) is 5.58. The number of ether oxygens (including phenoxy) is 2. The van der Waals surface area contributed by atoms with E-state index in [0.29, 0.717) is 17.7 Å². The molecular formula is C17H20O6. The first-order valence-electron chi connectivity index (χ1n) is 7.65. The summed E-state index contributed by atoms with van der Waals surface area (Å²) in [7, 11) is 0. The molecule has 2 aliphatic rings. The van der Waals surface area contributed by atoms with Crippen molar-refractivity contribution < 1.29 is 29.3 Å². The summed E-state index contributed by atoms with van der Waals surface area (Å²) in [5.74, 6) is -2.04. The number of carboxylic acid groups (broad SMARTS) is 2. The van der Waals surface area contributed by atoms with E-state index in [-0.39, 0.29) is 17.6 Å². The zero-order valence-corrected chi connectivity index (χ0v) is 13.3. The Morgan fingerprint density at radius 2 is 1.96 bits per heavy atom. The van der Waals surface area contributed by atoms with E-state index < -0.39 is 29.6 Å². The van der Waals surface area contributed by atoms with Gasteiger partial charge in [-0.15, -0.1) is 0 Å². The fraction of sp³-hybridized carbons (Fsp3) is 0.529. The van der Waals surface area contributed by atoms with Crippen molar-refractivity contribution >= 4 is 11.9 Å². The van der Waals surface area contributed by atoms with Crippen molar-refractivity contribution in [3.63, 3.8) is 0 Å². The summed E-state index contributed by atoms with van der Waals surface area (Å²) in [6.07, 6.45) is -0.368. The third-order valence-corrected chi connectivity index (χ3v) is 4.95. The number of aromatic carboxylic acids is 1. The molecule has 0 unspecified atom stereocenters. The summed E-state index contributed by atoms with van der Waals surface area (Å²) >= 11 is 0. The molecule has 1 aromatic rings. The predicted octanol–water partition coefficient (Wildman–Crippen LogP) is 2.72. The van der Waals surface area contributed by atoms with E-state index in [1.54, 1.807) is 19.1 Å². The van der Waals surface area contributed by atoms with Gasteiger partial charge in [0.25, 0.3) is 0 Å². The molecule has 4 atom stereocenters. The van der Waals surface area contributed by atoms with Crippen molar-refractivity contribution in [1.82, 2.24) is 0 Å². The van der Waals surface area contributed by atoms with Gasteiger partial charge in [0.1, 0.15) is 11.4 Å².